The number of aryl methyl sites for hydroxylation is 1. The van der Waals surface area contributed by atoms with Crippen molar-refractivity contribution in [1.29, 1.82) is 10.5 Å². The average molecular weight is 398 g/mol. The van der Waals surface area contributed by atoms with Crippen LogP contribution >= 0.6 is 11.3 Å². The highest BCUT2D eigenvalue weighted by Crippen LogP contribution is 2.36. The van der Waals surface area contributed by atoms with Crippen LogP contribution in [0.15, 0.2) is 28.4 Å². The van der Waals surface area contributed by atoms with Gasteiger partial charge in [0.1, 0.15) is 17.0 Å². The second kappa shape index (κ2) is 10.5. The van der Waals surface area contributed by atoms with E-state index in [1.54, 1.807) is 21.1 Å². The summed E-state index contributed by atoms with van der Waals surface area (Å²) in [5.74, 6) is 0. The van der Waals surface area contributed by atoms with Gasteiger partial charge in [-0.05, 0) is 43.2 Å². The highest BCUT2D eigenvalue weighted by atomic mass is 32.1. The second-order valence-corrected chi connectivity index (χ2v) is 7.10. The molecule has 1 heterocycles. The van der Waals surface area contributed by atoms with E-state index < -0.39 is 0 Å². The maximum Gasteiger partial charge on any atom is 0.158 e. The number of benzene rings is 1. The molecule has 0 radical (unpaired) electrons. The van der Waals surface area contributed by atoms with Crippen LogP contribution in [0.2, 0.25) is 0 Å². The molecule has 0 N–H and O–H groups in total. The normalized spacial score (nSPS) is 10.8. The Morgan fingerprint density at radius 1 is 1.04 bits per heavy atom. The monoisotopic (exact) mass is 397 g/mol. The van der Waals surface area contributed by atoms with E-state index in [1.807, 2.05) is 25.1 Å². The van der Waals surface area contributed by atoms with Gasteiger partial charge >= 0.3 is 0 Å². The molecule has 28 heavy (non-hydrogen) atoms. The molecule has 0 spiro atoms. The maximum absolute atomic E-state index is 9.32. The van der Waals surface area contributed by atoms with Crippen LogP contribution < -0.4 is 4.90 Å². The molecule has 0 unspecified atom stereocenters. The van der Waals surface area contributed by atoms with Gasteiger partial charge in [0.15, 0.2) is 5.00 Å². The molecule has 2 rings (SSSR count). The molecule has 0 bridgehead atoms. The van der Waals surface area contributed by atoms with Crippen molar-refractivity contribution in [2.75, 3.05) is 45.4 Å². The van der Waals surface area contributed by atoms with Crippen molar-refractivity contribution in [2.24, 2.45) is 10.2 Å². The Labute approximate surface area is 169 Å². The molecule has 0 aliphatic rings. The number of azo groups is 1. The van der Waals surface area contributed by atoms with Crippen molar-refractivity contribution in [1.82, 2.24) is 0 Å². The first-order valence-corrected chi connectivity index (χ1v) is 9.56. The molecule has 0 atom stereocenters. The van der Waals surface area contributed by atoms with Crippen LogP contribution in [-0.2, 0) is 9.47 Å². The molecule has 2 aromatic rings. The molecule has 0 saturated heterocycles. The zero-order valence-electron chi connectivity index (χ0n) is 16.5. The van der Waals surface area contributed by atoms with Crippen LogP contribution in [0.1, 0.15) is 21.6 Å². The van der Waals surface area contributed by atoms with Crippen LogP contribution in [-0.4, -0.2) is 40.5 Å². The van der Waals surface area contributed by atoms with Crippen molar-refractivity contribution in [3.63, 3.8) is 0 Å². The summed E-state index contributed by atoms with van der Waals surface area (Å²) in [6.07, 6.45) is 0. The van der Waals surface area contributed by atoms with Gasteiger partial charge in [0.05, 0.1) is 24.5 Å². The zero-order chi connectivity index (χ0) is 20.5. The Morgan fingerprint density at radius 2 is 1.71 bits per heavy atom. The highest BCUT2D eigenvalue weighted by molar-refractivity contribution is 7.16. The number of hydrogen-bond donors (Lipinski definition) is 0. The maximum atomic E-state index is 9.32. The van der Waals surface area contributed by atoms with Gasteiger partial charge < -0.3 is 14.4 Å². The van der Waals surface area contributed by atoms with Crippen molar-refractivity contribution >= 4 is 27.7 Å². The van der Waals surface area contributed by atoms with E-state index in [4.69, 9.17) is 14.7 Å². The summed E-state index contributed by atoms with van der Waals surface area (Å²) in [6.45, 7) is 6.49. The minimum absolute atomic E-state index is 0.407. The van der Waals surface area contributed by atoms with E-state index >= 15 is 0 Å². The summed E-state index contributed by atoms with van der Waals surface area (Å²) < 4.78 is 10.4. The van der Waals surface area contributed by atoms with E-state index in [-0.39, 0.29) is 0 Å². The van der Waals surface area contributed by atoms with Crippen molar-refractivity contribution < 1.29 is 9.47 Å². The fourth-order valence-corrected chi connectivity index (χ4v) is 3.50. The lowest BCUT2D eigenvalue weighted by atomic mass is 10.1. The van der Waals surface area contributed by atoms with Gasteiger partial charge in [0, 0.05) is 33.0 Å². The third-order valence-corrected chi connectivity index (χ3v) is 5.35. The van der Waals surface area contributed by atoms with Crippen molar-refractivity contribution in [2.45, 2.75) is 13.8 Å². The molecule has 146 valence electrons. The Hall–Kier alpha value is -2.78. The summed E-state index contributed by atoms with van der Waals surface area (Å²) in [4.78, 5) is 2.68. The number of hydrogen-bond acceptors (Lipinski definition) is 8. The summed E-state index contributed by atoms with van der Waals surface area (Å²) in [5.41, 5.74) is 3.80. The largest absolute Gasteiger partial charge is 0.383 e. The van der Waals surface area contributed by atoms with Crippen LogP contribution in [0, 0.1) is 36.5 Å². The average Bonchev–Trinajstić information content (AvgIpc) is 3.01. The van der Waals surface area contributed by atoms with Crippen LogP contribution in [0.25, 0.3) is 0 Å². The van der Waals surface area contributed by atoms with Gasteiger partial charge in [-0.15, -0.1) is 21.6 Å². The quantitative estimate of drug-likeness (QED) is 0.575. The molecule has 1 aromatic heterocycles. The molecule has 0 amide bonds. The fourth-order valence-electron chi connectivity index (χ4n) is 2.63. The Morgan fingerprint density at radius 3 is 2.25 bits per heavy atom. The van der Waals surface area contributed by atoms with Gasteiger partial charge in [0.2, 0.25) is 0 Å². The smallest absolute Gasteiger partial charge is 0.158 e. The van der Waals surface area contributed by atoms with E-state index in [0.29, 0.717) is 34.2 Å². The highest BCUT2D eigenvalue weighted by Gasteiger charge is 2.14. The minimum atomic E-state index is 0.407. The predicted molar refractivity (Wildman–Crippen MR) is 110 cm³/mol. The van der Waals surface area contributed by atoms with Gasteiger partial charge in [0.25, 0.3) is 0 Å². The van der Waals surface area contributed by atoms with Gasteiger partial charge in [-0.2, -0.15) is 10.5 Å². The first kappa shape index (κ1) is 21.5. The number of nitriles is 2. The summed E-state index contributed by atoms with van der Waals surface area (Å²) in [5, 5.41) is 27.5. The first-order chi connectivity index (χ1) is 13.5. The van der Waals surface area contributed by atoms with Crippen molar-refractivity contribution in [3.05, 3.63) is 39.8 Å². The molecule has 7 nitrogen and oxygen atoms in total. The van der Waals surface area contributed by atoms with Gasteiger partial charge in [-0.25, -0.2) is 0 Å². The molecule has 0 saturated carbocycles. The Kier molecular flexibility index (Phi) is 8.09. The molecule has 0 fully saturated rings. The third-order valence-electron chi connectivity index (χ3n) is 4.27. The number of anilines is 1. The summed E-state index contributed by atoms with van der Waals surface area (Å²) in [7, 11) is 3.37. The molecule has 1 aromatic carbocycles. The fraction of sp³-hybridized carbons (Fsp3) is 0.400. The van der Waals surface area contributed by atoms with E-state index in [0.717, 1.165) is 30.0 Å². The van der Waals surface area contributed by atoms with E-state index in [1.165, 1.54) is 11.3 Å². The second-order valence-electron chi connectivity index (χ2n) is 6.10. The molecular weight excluding hydrogens is 374 g/mol. The van der Waals surface area contributed by atoms with Crippen molar-refractivity contribution in [3.8, 4) is 12.1 Å². The molecule has 8 heteroatoms. The van der Waals surface area contributed by atoms with E-state index in [9.17, 15) is 5.26 Å². The van der Waals surface area contributed by atoms with Gasteiger partial charge in [-0.3, -0.25) is 0 Å². The van der Waals surface area contributed by atoms with Crippen LogP contribution in [0.4, 0.5) is 16.4 Å². The zero-order valence-corrected chi connectivity index (χ0v) is 17.3. The number of nitrogens with zero attached hydrogens (tertiary/aromatic N) is 5. The molecule has 0 aliphatic carbocycles. The number of rotatable bonds is 9. The van der Waals surface area contributed by atoms with Gasteiger partial charge in [-0.1, -0.05) is 0 Å². The van der Waals surface area contributed by atoms with E-state index in [2.05, 4.69) is 27.3 Å². The lowest BCUT2D eigenvalue weighted by molar-refractivity contribution is 0.190. The lowest BCUT2D eigenvalue weighted by Gasteiger charge is -2.24. The number of ether oxygens (including phenoxy) is 2. The SMILES string of the molecule is COCCN(CCOC)c1ccc(N=Nc2sc(C#N)c(C)c2C#N)c(C)c1. The minimum Gasteiger partial charge on any atom is -0.383 e. The topological polar surface area (TPSA) is 94.0 Å². The Bertz CT molecular complexity index is 916. The lowest BCUT2D eigenvalue weighted by Crippen LogP contribution is -2.30. The number of thiophene rings is 1. The van der Waals surface area contributed by atoms with Crippen LogP contribution in [0.3, 0.4) is 0 Å². The summed E-state index contributed by atoms with van der Waals surface area (Å²) in [6, 6.07) is 10.1. The third kappa shape index (κ3) is 5.14. The Balaban J connectivity index is 2.26. The number of methoxy groups -OCH3 is 2. The van der Waals surface area contributed by atoms with Crippen LogP contribution in [0.5, 0.6) is 0 Å². The molecular formula is C20H23N5O2S. The summed E-state index contributed by atoms with van der Waals surface area (Å²) >= 11 is 1.18. The molecule has 0 aliphatic heterocycles. The predicted octanol–water partition coefficient (Wildman–Crippen LogP) is 4.62. The first-order valence-electron chi connectivity index (χ1n) is 8.74. The standard InChI is InChI=1S/C20H23N5O2S/c1-14-11-16(25(7-9-26-3)8-10-27-4)5-6-18(14)23-24-20-17(12-21)15(2)19(13-22)28-20/h5-6,11H,7-10H2,1-4H3.